The van der Waals surface area contributed by atoms with E-state index >= 15 is 0 Å². The molecule has 0 aromatic carbocycles. The zero-order valence-corrected chi connectivity index (χ0v) is 14.8. The summed E-state index contributed by atoms with van der Waals surface area (Å²) in [5.74, 6) is -0.939. The lowest BCUT2D eigenvalue weighted by Gasteiger charge is -2.04. The number of unbranched alkanes of at least 4 members (excludes halogenated alkanes) is 10. The Bertz CT molecular complexity index is 295. The van der Waals surface area contributed by atoms with E-state index < -0.39 is 11.9 Å². The van der Waals surface area contributed by atoms with E-state index in [0.717, 1.165) is 32.1 Å². The van der Waals surface area contributed by atoms with Crippen molar-refractivity contribution in [1.82, 2.24) is 0 Å². The van der Waals surface area contributed by atoms with Crippen molar-refractivity contribution in [2.75, 3.05) is 6.54 Å². The number of nitrogens with two attached hydrogens (primary N) is 1. The summed E-state index contributed by atoms with van der Waals surface area (Å²) in [5.41, 5.74) is 5.36. The van der Waals surface area contributed by atoms with Crippen molar-refractivity contribution >= 4 is 11.9 Å². The Labute approximate surface area is 141 Å². The lowest BCUT2D eigenvalue weighted by atomic mass is 10.1. The van der Waals surface area contributed by atoms with Crippen LogP contribution in [0.4, 0.5) is 0 Å². The summed E-state index contributed by atoms with van der Waals surface area (Å²) in [6, 6.07) is 0. The highest BCUT2D eigenvalue weighted by Gasteiger charge is 2.09. The molecule has 0 rings (SSSR count). The van der Waals surface area contributed by atoms with Gasteiger partial charge in [0.15, 0.2) is 0 Å². The van der Waals surface area contributed by atoms with Gasteiger partial charge in [-0.2, -0.15) is 0 Å². The van der Waals surface area contributed by atoms with Gasteiger partial charge in [0.1, 0.15) is 0 Å². The largest absolute Gasteiger partial charge is 0.355 e. The summed E-state index contributed by atoms with van der Waals surface area (Å²) in [5, 5.41) is 0. The first kappa shape index (κ1) is 21.9. The molecule has 0 heterocycles. The van der Waals surface area contributed by atoms with Crippen LogP contribution in [0.3, 0.4) is 0 Å². The Morgan fingerprint density at radius 1 is 0.652 bits per heavy atom. The van der Waals surface area contributed by atoms with Crippen molar-refractivity contribution in [2.24, 2.45) is 5.73 Å². The van der Waals surface area contributed by atoms with Crippen LogP contribution in [-0.4, -0.2) is 18.5 Å². The topological polar surface area (TPSA) is 78.6 Å². The SMILES string of the molecule is CCCCCCCCCCCC(=O)OOC(=O)CCCCCN. The third-order valence-electron chi connectivity index (χ3n) is 3.80. The van der Waals surface area contributed by atoms with Gasteiger partial charge in [0.25, 0.3) is 0 Å². The van der Waals surface area contributed by atoms with Gasteiger partial charge in [-0.05, 0) is 25.8 Å². The van der Waals surface area contributed by atoms with E-state index in [2.05, 4.69) is 16.7 Å². The lowest BCUT2D eigenvalue weighted by molar-refractivity contribution is -0.259. The van der Waals surface area contributed by atoms with E-state index in [1.54, 1.807) is 0 Å². The molecule has 2 N–H and O–H groups in total. The Hall–Kier alpha value is -1.10. The minimum atomic E-state index is -0.484. The molecular formula is C18H35NO4. The second kappa shape index (κ2) is 17.3. The van der Waals surface area contributed by atoms with Gasteiger partial charge in [0.2, 0.25) is 0 Å². The number of carbonyl (C=O) groups excluding carboxylic acids is 2. The van der Waals surface area contributed by atoms with Crippen molar-refractivity contribution in [3.05, 3.63) is 0 Å². The van der Waals surface area contributed by atoms with Crippen LogP contribution in [0.2, 0.25) is 0 Å². The molecule has 0 saturated heterocycles. The molecule has 0 amide bonds. The molecule has 0 radical (unpaired) electrons. The Kier molecular flexibility index (Phi) is 16.4. The minimum Gasteiger partial charge on any atom is -0.330 e. The molecule has 0 spiro atoms. The average molecular weight is 329 g/mol. The maximum atomic E-state index is 11.4. The number of rotatable bonds is 15. The summed E-state index contributed by atoms with van der Waals surface area (Å²) in [7, 11) is 0. The smallest absolute Gasteiger partial charge is 0.330 e. The molecule has 5 nitrogen and oxygen atoms in total. The zero-order chi connectivity index (χ0) is 17.2. The second-order valence-corrected chi connectivity index (χ2v) is 6.09. The Morgan fingerprint density at radius 2 is 1.04 bits per heavy atom. The van der Waals surface area contributed by atoms with Gasteiger partial charge in [-0.3, -0.25) is 0 Å². The molecule has 23 heavy (non-hydrogen) atoms. The maximum Gasteiger partial charge on any atom is 0.355 e. The molecule has 0 atom stereocenters. The third kappa shape index (κ3) is 17.1. The van der Waals surface area contributed by atoms with Crippen molar-refractivity contribution in [2.45, 2.75) is 96.8 Å². The molecule has 136 valence electrons. The van der Waals surface area contributed by atoms with Crippen molar-refractivity contribution < 1.29 is 19.4 Å². The van der Waals surface area contributed by atoms with E-state index in [4.69, 9.17) is 5.73 Å². The highest BCUT2D eigenvalue weighted by Crippen LogP contribution is 2.11. The molecule has 0 saturated carbocycles. The first-order valence-electron chi connectivity index (χ1n) is 9.31. The van der Waals surface area contributed by atoms with Crippen LogP contribution in [0, 0.1) is 0 Å². The standard InChI is InChI=1S/C18H35NO4/c1-2-3-4-5-6-7-8-9-11-14-17(20)22-23-18(21)15-12-10-13-16-19/h2-16,19H2,1H3. The normalized spacial score (nSPS) is 10.5. The first-order valence-corrected chi connectivity index (χ1v) is 9.31. The van der Waals surface area contributed by atoms with Gasteiger partial charge in [0.05, 0.1) is 12.8 Å². The summed E-state index contributed by atoms with van der Waals surface area (Å²) < 4.78 is 0. The lowest BCUT2D eigenvalue weighted by Crippen LogP contribution is -2.11. The third-order valence-corrected chi connectivity index (χ3v) is 3.80. The molecule has 0 aromatic heterocycles. The van der Waals surface area contributed by atoms with Crippen LogP contribution in [0.1, 0.15) is 96.8 Å². The summed E-state index contributed by atoms with van der Waals surface area (Å²) >= 11 is 0. The van der Waals surface area contributed by atoms with Crippen LogP contribution in [0.5, 0.6) is 0 Å². The van der Waals surface area contributed by atoms with E-state index in [1.165, 1.54) is 38.5 Å². The monoisotopic (exact) mass is 329 g/mol. The van der Waals surface area contributed by atoms with Gasteiger partial charge in [-0.15, -0.1) is 0 Å². The fourth-order valence-electron chi connectivity index (χ4n) is 2.35. The van der Waals surface area contributed by atoms with Crippen LogP contribution < -0.4 is 5.73 Å². The average Bonchev–Trinajstić information content (AvgIpc) is 2.55. The van der Waals surface area contributed by atoms with Crippen LogP contribution in [-0.2, 0) is 19.4 Å². The highest BCUT2D eigenvalue weighted by molar-refractivity contribution is 5.72. The van der Waals surface area contributed by atoms with E-state index in [9.17, 15) is 9.59 Å². The minimum absolute atomic E-state index is 0.269. The number of hydrogen-bond acceptors (Lipinski definition) is 5. The molecule has 0 aromatic rings. The molecule has 0 aliphatic carbocycles. The van der Waals surface area contributed by atoms with Gasteiger partial charge in [-0.1, -0.05) is 64.7 Å². The van der Waals surface area contributed by atoms with Gasteiger partial charge >= 0.3 is 11.9 Å². The molecule has 0 bridgehead atoms. The molecule has 0 unspecified atom stereocenters. The predicted octanol–water partition coefficient (Wildman–Crippen LogP) is 4.43. The number of carbonyl (C=O) groups is 2. The van der Waals surface area contributed by atoms with Crippen LogP contribution in [0.15, 0.2) is 0 Å². The Balaban J connectivity index is 3.31. The summed E-state index contributed by atoms with van der Waals surface area (Å²) in [6.07, 6.45) is 13.8. The van der Waals surface area contributed by atoms with Gasteiger partial charge in [-0.25, -0.2) is 19.4 Å². The Morgan fingerprint density at radius 3 is 1.48 bits per heavy atom. The summed E-state index contributed by atoms with van der Waals surface area (Å²) in [6.45, 7) is 2.85. The molecule has 0 aliphatic heterocycles. The highest BCUT2D eigenvalue weighted by atomic mass is 17.2. The molecule has 0 fully saturated rings. The van der Waals surface area contributed by atoms with Crippen molar-refractivity contribution in [1.29, 1.82) is 0 Å². The molecule has 5 heteroatoms. The first-order chi connectivity index (χ1) is 11.2. The second-order valence-electron chi connectivity index (χ2n) is 6.09. The summed E-state index contributed by atoms with van der Waals surface area (Å²) in [4.78, 5) is 31.7. The van der Waals surface area contributed by atoms with E-state index in [0.29, 0.717) is 19.4 Å². The van der Waals surface area contributed by atoms with Crippen LogP contribution >= 0.6 is 0 Å². The number of hydrogen-bond donors (Lipinski definition) is 1. The fourth-order valence-corrected chi connectivity index (χ4v) is 2.35. The fraction of sp³-hybridized carbons (Fsp3) is 0.889. The van der Waals surface area contributed by atoms with E-state index in [-0.39, 0.29) is 6.42 Å². The maximum absolute atomic E-state index is 11.4. The van der Waals surface area contributed by atoms with Gasteiger partial charge in [0, 0.05) is 0 Å². The zero-order valence-electron chi connectivity index (χ0n) is 14.8. The quantitative estimate of drug-likeness (QED) is 0.273. The predicted molar refractivity (Wildman–Crippen MR) is 91.6 cm³/mol. The van der Waals surface area contributed by atoms with Crippen molar-refractivity contribution in [3.8, 4) is 0 Å². The van der Waals surface area contributed by atoms with Gasteiger partial charge < -0.3 is 5.73 Å². The van der Waals surface area contributed by atoms with Crippen LogP contribution in [0.25, 0.3) is 0 Å². The molecule has 0 aliphatic rings. The van der Waals surface area contributed by atoms with E-state index in [1.807, 2.05) is 0 Å². The van der Waals surface area contributed by atoms with Crippen molar-refractivity contribution in [3.63, 3.8) is 0 Å². The molecular weight excluding hydrogens is 294 g/mol.